The van der Waals surface area contributed by atoms with Crippen molar-refractivity contribution in [2.45, 2.75) is 13.0 Å². The van der Waals surface area contributed by atoms with E-state index in [0.29, 0.717) is 35.5 Å². The average molecular weight is 400 g/mol. The summed E-state index contributed by atoms with van der Waals surface area (Å²) < 4.78 is 14.1. The second-order valence-electron chi connectivity index (χ2n) is 7.10. The number of nitrogens with zero attached hydrogens (tertiary/aromatic N) is 2. The Morgan fingerprint density at radius 3 is 2.70 bits per heavy atom. The van der Waals surface area contributed by atoms with Crippen LogP contribution in [0.1, 0.15) is 32.7 Å². The molecule has 0 saturated carbocycles. The first-order chi connectivity index (χ1) is 14.6. The van der Waals surface area contributed by atoms with E-state index in [1.165, 1.54) is 17.2 Å². The standard InChI is InChI=1S/C24H21FN4O/c1-27-14-19(12-26)22-9-7-17(13-28-22)10-16-6-8-18-15-29(24(30)20(18)11-16)23-5-3-2-4-21(23)25/h2-9,11-14,26-27H,10,15H2,1H3/b19-14+,26-12?. The number of halogens is 1. The van der Waals surface area contributed by atoms with Crippen molar-refractivity contribution in [1.29, 1.82) is 5.41 Å². The fourth-order valence-corrected chi connectivity index (χ4v) is 3.60. The minimum atomic E-state index is -0.401. The van der Waals surface area contributed by atoms with Gasteiger partial charge in [0.1, 0.15) is 5.82 Å². The largest absolute Gasteiger partial charge is 0.393 e. The van der Waals surface area contributed by atoms with E-state index in [1.54, 1.807) is 37.6 Å². The predicted molar refractivity (Wildman–Crippen MR) is 116 cm³/mol. The Kier molecular flexibility index (Phi) is 5.39. The Balaban J connectivity index is 1.54. The van der Waals surface area contributed by atoms with Crippen LogP contribution in [-0.2, 0) is 13.0 Å². The van der Waals surface area contributed by atoms with Gasteiger partial charge in [0, 0.05) is 36.8 Å². The van der Waals surface area contributed by atoms with Gasteiger partial charge >= 0.3 is 0 Å². The highest BCUT2D eigenvalue weighted by molar-refractivity contribution is 6.10. The average Bonchev–Trinajstić information content (AvgIpc) is 3.09. The van der Waals surface area contributed by atoms with Gasteiger partial charge in [-0.05, 0) is 47.4 Å². The minimum absolute atomic E-state index is 0.182. The SMILES string of the molecule is CN/C=C(\C=N)c1ccc(Cc2ccc3c(c2)C(=O)N(c2ccccc2F)C3)cn1. The molecule has 0 unspecified atom stereocenters. The molecule has 4 rings (SSSR count). The molecular weight excluding hydrogens is 379 g/mol. The minimum Gasteiger partial charge on any atom is -0.393 e. The molecule has 0 aliphatic carbocycles. The number of carbonyl (C=O) groups excluding carboxylic acids is 1. The summed E-state index contributed by atoms with van der Waals surface area (Å²) in [4.78, 5) is 18.8. The summed E-state index contributed by atoms with van der Waals surface area (Å²) in [6.45, 7) is 0.371. The molecule has 1 aromatic heterocycles. The van der Waals surface area contributed by atoms with E-state index in [0.717, 1.165) is 16.7 Å². The third-order valence-electron chi connectivity index (χ3n) is 5.11. The second-order valence-corrected chi connectivity index (χ2v) is 7.10. The number of hydrogen-bond acceptors (Lipinski definition) is 4. The van der Waals surface area contributed by atoms with E-state index < -0.39 is 5.82 Å². The summed E-state index contributed by atoms with van der Waals surface area (Å²) in [6.07, 6.45) is 5.39. The summed E-state index contributed by atoms with van der Waals surface area (Å²) in [7, 11) is 1.78. The smallest absolute Gasteiger partial charge is 0.259 e. The van der Waals surface area contributed by atoms with Gasteiger partial charge in [-0.25, -0.2) is 4.39 Å². The number of fused-ring (bicyclic) bond motifs is 1. The fraction of sp³-hybridized carbons (Fsp3) is 0.125. The number of amides is 1. The van der Waals surface area contributed by atoms with Crippen molar-refractivity contribution in [2.75, 3.05) is 11.9 Å². The van der Waals surface area contributed by atoms with Crippen molar-refractivity contribution in [3.63, 3.8) is 0 Å². The molecule has 2 aromatic carbocycles. The normalized spacial score (nSPS) is 13.3. The lowest BCUT2D eigenvalue weighted by molar-refractivity contribution is 0.0995. The molecule has 0 fully saturated rings. The highest BCUT2D eigenvalue weighted by Gasteiger charge is 2.30. The highest BCUT2D eigenvalue weighted by Crippen LogP contribution is 2.31. The van der Waals surface area contributed by atoms with Crippen molar-refractivity contribution in [2.24, 2.45) is 0 Å². The van der Waals surface area contributed by atoms with Gasteiger partial charge in [-0.15, -0.1) is 0 Å². The number of pyridine rings is 1. The van der Waals surface area contributed by atoms with E-state index in [4.69, 9.17) is 5.41 Å². The summed E-state index contributed by atoms with van der Waals surface area (Å²) in [5, 5.41) is 10.4. The highest BCUT2D eigenvalue weighted by atomic mass is 19.1. The van der Waals surface area contributed by atoms with Crippen molar-refractivity contribution < 1.29 is 9.18 Å². The number of para-hydroxylation sites is 1. The summed E-state index contributed by atoms with van der Waals surface area (Å²) in [6, 6.07) is 16.0. The van der Waals surface area contributed by atoms with Gasteiger partial charge in [-0.1, -0.05) is 30.3 Å². The Morgan fingerprint density at radius 1 is 1.20 bits per heavy atom. The monoisotopic (exact) mass is 400 g/mol. The maximum atomic E-state index is 14.1. The molecule has 6 heteroatoms. The van der Waals surface area contributed by atoms with Gasteiger partial charge in [0.05, 0.1) is 17.9 Å². The van der Waals surface area contributed by atoms with Crippen molar-refractivity contribution in [1.82, 2.24) is 10.3 Å². The van der Waals surface area contributed by atoms with Crippen LogP contribution >= 0.6 is 0 Å². The first-order valence-electron chi connectivity index (χ1n) is 9.62. The molecule has 1 aliphatic rings. The van der Waals surface area contributed by atoms with Crippen LogP contribution < -0.4 is 10.2 Å². The topological polar surface area (TPSA) is 69.1 Å². The molecular formula is C24H21FN4O. The Hall–Kier alpha value is -3.80. The zero-order valence-electron chi connectivity index (χ0n) is 16.5. The van der Waals surface area contributed by atoms with Crippen LogP contribution in [0, 0.1) is 11.2 Å². The van der Waals surface area contributed by atoms with Crippen LogP contribution in [-0.4, -0.2) is 24.2 Å². The van der Waals surface area contributed by atoms with Crippen LogP contribution in [0.25, 0.3) is 5.57 Å². The molecule has 3 aromatic rings. The van der Waals surface area contributed by atoms with Crippen LogP contribution in [0.4, 0.5) is 10.1 Å². The number of anilines is 1. The molecule has 0 atom stereocenters. The van der Waals surface area contributed by atoms with E-state index in [1.807, 2.05) is 30.3 Å². The zero-order valence-corrected chi connectivity index (χ0v) is 16.5. The molecule has 0 bridgehead atoms. The molecule has 0 spiro atoms. The first-order valence-corrected chi connectivity index (χ1v) is 9.62. The molecule has 2 N–H and O–H groups in total. The number of nitrogens with one attached hydrogen (secondary N) is 2. The quantitative estimate of drug-likeness (QED) is 0.610. The number of carbonyl (C=O) groups is 1. The third kappa shape index (κ3) is 3.72. The van der Waals surface area contributed by atoms with Gasteiger partial charge in [-0.2, -0.15) is 0 Å². The predicted octanol–water partition coefficient (Wildman–Crippen LogP) is 4.18. The molecule has 1 aliphatic heterocycles. The number of benzene rings is 2. The van der Waals surface area contributed by atoms with Crippen LogP contribution in [0.5, 0.6) is 0 Å². The molecule has 5 nitrogen and oxygen atoms in total. The maximum Gasteiger partial charge on any atom is 0.259 e. The number of hydrogen-bond donors (Lipinski definition) is 2. The Labute approximate surface area is 174 Å². The lowest BCUT2D eigenvalue weighted by atomic mass is 10.0. The van der Waals surface area contributed by atoms with E-state index in [-0.39, 0.29) is 5.91 Å². The van der Waals surface area contributed by atoms with E-state index >= 15 is 0 Å². The summed E-state index contributed by atoms with van der Waals surface area (Å²) in [5.41, 5.74) is 5.22. The fourth-order valence-electron chi connectivity index (χ4n) is 3.60. The van der Waals surface area contributed by atoms with Gasteiger partial charge in [0.2, 0.25) is 0 Å². The van der Waals surface area contributed by atoms with Crippen molar-refractivity contribution in [3.8, 4) is 0 Å². The second kappa shape index (κ2) is 8.29. The van der Waals surface area contributed by atoms with E-state index in [2.05, 4.69) is 10.3 Å². The summed E-state index contributed by atoms with van der Waals surface area (Å²) >= 11 is 0. The van der Waals surface area contributed by atoms with Crippen LogP contribution in [0.3, 0.4) is 0 Å². The van der Waals surface area contributed by atoms with Gasteiger partial charge in [0.25, 0.3) is 5.91 Å². The molecule has 0 saturated heterocycles. The number of aromatic nitrogens is 1. The number of rotatable bonds is 6. The molecule has 30 heavy (non-hydrogen) atoms. The van der Waals surface area contributed by atoms with Crippen LogP contribution in [0.2, 0.25) is 0 Å². The van der Waals surface area contributed by atoms with Crippen molar-refractivity contribution >= 4 is 23.4 Å². The van der Waals surface area contributed by atoms with Crippen molar-refractivity contribution in [3.05, 3.63) is 101 Å². The van der Waals surface area contributed by atoms with E-state index in [9.17, 15) is 9.18 Å². The van der Waals surface area contributed by atoms with Gasteiger partial charge in [-0.3, -0.25) is 9.78 Å². The maximum absolute atomic E-state index is 14.1. The molecule has 150 valence electrons. The van der Waals surface area contributed by atoms with Gasteiger partial charge in [0.15, 0.2) is 0 Å². The summed E-state index contributed by atoms with van der Waals surface area (Å²) in [5.74, 6) is -0.583. The molecule has 0 radical (unpaired) electrons. The molecule has 2 heterocycles. The van der Waals surface area contributed by atoms with Gasteiger partial charge < -0.3 is 15.6 Å². The lowest BCUT2D eigenvalue weighted by Gasteiger charge is -2.16. The van der Waals surface area contributed by atoms with Crippen LogP contribution in [0.15, 0.2) is 67.0 Å². The number of allylic oxidation sites excluding steroid dienone is 1. The lowest BCUT2D eigenvalue weighted by Crippen LogP contribution is -2.24. The zero-order chi connectivity index (χ0) is 21.1. The Morgan fingerprint density at radius 2 is 2.00 bits per heavy atom. The molecule has 1 amide bonds. The Bertz CT molecular complexity index is 1140. The third-order valence-corrected chi connectivity index (χ3v) is 5.11. The first kappa shape index (κ1) is 19.5.